The molecule has 1 atom stereocenters. The maximum absolute atomic E-state index is 12.3. The summed E-state index contributed by atoms with van der Waals surface area (Å²) in [4.78, 5) is 26.2. The van der Waals surface area contributed by atoms with E-state index < -0.39 is 0 Å². The number of piperazine rings is 1. The van der Waals surface area contributed by atoms with Gasteiger partial charge in [0.15, 0.2) is 6.04 Å². The first-order chi connectivity index (χ1) is 10.5. The summed E-state index contributed by atoms with van der Waals surface area (Å²) < 4.78 is 0. The lowest BCUT2D eigenvalue weighted by Gasteiger charge is -2.30. The maximum Gasteiger partial charge on any atom is 0.282 e. The molecule has 2 amide bonds. The van der Waals surface area contributed by atoms with Crippen molar-refractivity contribution in [3.8, 4) is 0 Å². The normalized spacial score (nSPS) is 22.7. The molecule has 0 saturated carbocycles. The summed E-state index contributed by atoms with van der Waals surface area (Å²) in [5.74, 6) is -0.0620. The van der Waals surface area contributed by atoms with E-state index in [0.29, 0.717) is 0 Å². The largest absolute Gasteiger partial charge is 0.328 e. The Morgan fingerprint density at radius 1 is 1.00 bits per heavy atom. The van der Waals surface area contributed by atoms with Crippen LogP contribution in [-0.2, 0) is 9.59 Å². The standard InChI is InChI=1S/C16H24N4O2/c1-12(20-10-8-19(3)9-11-20)16(22)18-15-6-4-14(5-7-15)17-13(2)21/h4-7,12H,8-11H2,1-3H3,(H,17,21)(H,18,22)/p+2/t12-/m1/s1. The molecule has 0 unspecified atom stereocenters. The first kappa shape index (κ1) is 16.5. The second kappa shape index (κ2) is 7.38. The maximum atomic E-state index is 12.3. The monoisotopic (exact) mass is 306 g/mol. The molecule has 1 heterocycles. The van der Waals surface area contributed by atoms with E-state index in [2.05, 4.69) is 17.7 Å². The molecule has 120 valence electrons. The van der Waals surface area contributed by atoms with Gasteiger partial charge in [-0.1, -0.05) is 0 Å². The van der Waals surface area contributed by atoms with Gasteiger partial charge in [-0.15, -0.1) is 0 Å². The van der Waals surface area contributed by atoms with E-state index in [9.17, 15) is 9.59 Å². The third kappa shape index (κ3) is 4.54. The second-order valence-electron chi connectivity index (χ2n) is 6.08. The van der Waals surface area contributed by atoms with E-state index in [1.54, 1.807) is 24.3 Å². The van der Waals surface area contributed by atoms with E-state index in [-0.39, 0.29) is 17.9 Å². The molecule has 0 spiro atoms. The van der Waals surface area contributed by atoms with Crippen molar-refractivity contribution >= 4 is 23.2 Å². The third-order valence-corrected chi connectivity index (χ3v) is 4.22. The van der Waals surface area contributed by atoms with Gasteiger partial charge in [0.1, 0.15) is 26.2 Å². The van der Waals surface area contributed by atoms with Gasteiger partial charge in [-0.2, -0.15) is 0 Å². The zero-order valence-corrected chi connectivity index (χ0v) is 13.5. The topological polar surface area (TPSA) is 67.1 Å². The Morgan fingerprint density at radius 2 is 1.50 bits per heavy atom. The molecule has 2 rings (SSSR count). The zero-order valence-electron chi connectivity index (χ0n) is 13.5. The van der Waals surface area contributed by atoms with Gasteiger partial charge in [0.2, 0.25) is 5.91 Å². The zero-order chi connectivity index (χ0) is 16.1. The summed E-state index contributed by atoms with van der Waals surface area (Å²) in [6, 6.07) is 7.13. The molecule has 1 saturated heterocycles. The van der Waals surface area contributed by atoms with Crippen molar-refractivity contribution in [2.24, 2.45) is 0 Å². The number of carbonyl (C=O) groups is 2. The van der Waals surface area contributed by atoms with Gasteiger partial charge in [0.05, 0.1) is 7.05 Å². The molecule has 1 aromatic rings. The number of amides is 2. The molecular weight excluding hydrogens is 280 g/mol. The lowest BCUT2D eigenvalue weighted by atomic mass is 10.2. The minimum absolute atomic E-state index is 0.0434. The number of carbonyl (C=O) groups excluding carboxylic acids is 2. The molecule has 1 aromatic carbocycles. The van der Waals surface area contributed by atoms with Crippen LogP contribution in [0.5, 0.6) is 0 Å². The van der Waals surface area contributed by atoms with Gasteiger partial charge in [0.25, 0.3) is 5.91 Å². The van der Waals surface area contributed by atoms with Crippen LogP contribution >= 0.6 is 0 Å². The van der Waals surface area contributed by atoms with Crippen molar-refractivity contribution in [1.82, 2.24) is 0 Å². The fourth-order valence-corrected chi connectivity index (χ4v) is 2.71. The number of hydrogen-bond acceptors (Lipinski definition) is 2. The summed E-state index contributed by atoms with van der Waals surface area (Å²) in [6.45, 7) is 7.73. The smallest absolute Gasteiger partial charge is 0.282 e. The molecule has 4 N–H and O–H groups in total. The van der Waals surface area contributed by atoms with E-state index in [1.807, 2.05) is 6.92 Å². The fraction of sp³-hybridized carbons (Fsp3) is 0.500. The Bertz CT molecular complexity index is 521. The van der Waals surface area contributed by atoms with E-state index >= 15 is 0 Å². The Morgan fingerprint density at radius 3 is 2.00 bits per heavy atom. The first-order valence-corrected chi connectivity index (χ1v) is 7.80. The quantitative estimate of drug-likeness (QED) is 0.540. The summed E-state index contributed by atoms with van der Waals surface area (Å²) in [5.41, 5.74) is 1.48. The minimum Gasteiger partial charge on any atom is -0.328 e. The summed E-state index contributed by atoms with van der Waals surface area (Å²) in [6.07, 6.45) is 0. The number of rotatable bonds is 4. The van der Waals surface area contributed by atoms with Crippen LogP contribution < -0.4 is 20.4 Å². The highest BCUT2D eigenvalue weighted by molar-refractivity contribution is 5.94. The molecule has 6 heteroatoms. The van der Waals surface area contributed by atoms with Crippen LogP contribution in [0.4, 0.5) is 11.4 Å². The Hall–Kier alpha value is -1.92. The van der Waals surface area contributed by atoms with Crippen LogP contribution in [0.3, 0.4) is 0 Å². The molecule has 0 bridgehead atoms. The highest BCUT2D eigenvalue weighted by atomic mass is 16.2. The molecule has 6 nitrogen and oxygen atoms in total. The number of quaternary nitrogens is 2. The van der Waals surface area contributed by atoms with Gasteiger partial charge < -0.3 is 20.4 Å². The van der Waals surface area contributed by atoms with Crippen LogP contribution in [0.15, 0.2) is 24.3 Å². The number of likely N-dealkylation sites (N-methyl/N-ethyl adjacent to an activating group) is 1. The SMILES string of the molecule is CC(=O)Nc1ccc(NC(=O)[C@@H](C)[NH+]2CC[NH+](C)CC2)cc1. The van der Waals surface area contributed by atoms with Gasteiger partial charge in [0, 0.05) is 18.3 Å². The number of hydrogen-bond donors (Lipinski definition) is 4. The van der Waals surface area contributed by atoms with Crippen LogP contribution in [0.25, 0.3) is 0 Å². The molecule has 1 aliphatic heterocycles. The van der Waals surface area contributed by atoms with E-state index in [1.165, 1.54) is 16.7 Å². The molecule has 0 aromatic heterocycles. The minimum atomic E-state index is -0.105. The highest BCUT2D eigenvalue weighted by Crippen LogP contribution is 2.13. The number of nitrogens with one attached hydrogen (secondary N) is 4. The van der Waals surface area contributed by atoms with Crippen molar-refractivity contribution < 1.29 is 19.4 Å². The van der Waals surface area contributed by atoms with Crippen molar-refractivity contribution in [3.05, 3.63) is 24.3 Å². The van der Waals surface area contributed by atoms with Crippen LogP contribution in [0.2, 0.25) is 0 Å². The van der Waals surface area contributed by atoms with Gasteiger partial charge in [-0.3, -0.25) is 9.59 Å². The van der Waals surface area contributed by atoms with Gasteiger partial charge in [-0.05, 0) is 31.2 Å². The second-order valence-corrected chi connectivity index (χ2v) is 6.08. The van der Waals surface area contributed by atoms with Crippen molar-refractivity contribution in [2.75, 3.05) is 43.9 Å². The number of benzene rings is 1. The molecule has 1 fully saturated rings. The Labute approximate surface area is 131 Å². The lowest BCUT2D eigenvalue weighted by molar-refractivity contribution is -1.01. The summed E-state index contributed by atoms with van der Waals surface area (Å²) in [7, 11) is 2.19. The first-order valence-electron chi connectivity index (χ1n) is 7.80. The number of anilines is 2. The van der Waals surface area contributed by atoms with E-state index in [4.69, 9.17) is 0 Å². The molecule has 22 heavy (non-hydrogen) atoms. The van der Waals surface area contributed by atoms with Crippen molar-refractivity contribution in [1.29, 1.82) is 0 Å². The highest BCUT2D eigenvalue weighted by Gasteiger charge is 2.29. The summed E-state index contributed by atoms with van der Waals surface area (Å²) in [5, 5.41) is 5.66. The van der Waals surface area contributed by atoms with Gasteiger partial charge >= 0.3 is 0 Å². The Balaban J connectivity index is 1.89. The lowest BCUT2D eigenvalue weighted by Crippen LogP contribution is -3.29. The van der Waals surface area contributed by atoms with Gasteiger partial charge in [-0.25, -0.2) is 0 Å². The van der Waals surface area contributed by atoms with Crippen LogP contribution in [-0.4, -0.2) is 51.1 Å². The predicted molar refractivity (Wildman–Crippen MR) is 86.2 cm³/mol. The fourth-order valence-electron chi connectivity index (χ4n) is 2.71. The van der Waals surface area contributed by atoms with Crippen LogP contribution in [0.1, 0.15) is 13.8 Å². The van der Waals surface area contributed by atoms with Crippen molar-refractivity contribution in [3.63, 3.8) is 0 Å². The summed E-state index contributed by atoms with van der Waals surface area (Å²) >= 11 is 0. The third-order valence-electron chi connectivity index (χ3n) is 4.22. The molecular formula is C16H26N4O2+2. The molecule has 0 radical (unpaired) electrons. The molecule has 1 aliphatic rings. The average molecular weight is 306 g/mol. The van der Waals surface area contributed by atoms with Crippen LogP contribution in [0, 0.1) is 0 Å². The Kier molecular flexibility index (Phi) is 5.51. The molecule has 0 aliphatic carbocycles. The predicted octanol–water partition coefficient (Wildman–Crippen LogP) is -1.61. The van der Waals surface area contributed by atoms with E-state index in [0.717, 1.165) is 37.6 Å². The average Bonchev–Trinajstić information content (AvgIpc) is 2.49. The van der Waals surface area contributed by atoms with Crippen molar-refractivity contribution in [2.45, 2.75) is 19.9 Å².